The molecule has 0 amide bonds. The molecule has 0 bridgehead atoms. The first kappa shape index (κ1) is 42.8. The van der Waals surface area contributed by atoms with Crippen LogP contribution in [0.25, 0.3) is 99.5 Å². The van der Waals surface area contributed by atoms with Gasteiger partial charge in [-0.2, -0.15) is 10.5 Å². The summed E-state index contributed by atoms with van der Waals surface area (Å²) in [6.45, 7) is 9.23. The molecular formula is C68H48N4. The van der Waals surface area contributed by atoms with Gasteiger partial charge in [0.1, 0.15) is 12.1 Å². The molecule has 4 nitrogen and oxygen atoms in total. The number of hydrogen-bond donors (Lipinski definition) is 0. The second-order valence-corrected chi connectivity index (χ2v) is 20.3. The number of fused-ring (bicyclic) bond motifs is 8. The normalized spacial score (nSPS) is 13.5. The van der Waals surface area contributed by atoms with Gasteiger partial charge >= 0.3 is 0 Å². The van der Waals surface area contributed by atoms with Crippen molar-refractivity contribution in [2.75, 3.05) is 0 Å². The predicted octanol–water partition coefficient (Wildman–Crippen LogP) is 17.3. The largest absolute Gasteiger partial charge is 0.308 e. The molecule has 0 saturated heterocycles. The molecule has 0 N–H and O–H groups in total. The highest BCUT2D eigenvalue weighted by Crippen LogP contribution is 2.57. The summed E-state index contributed by atoms with van der Waals surface area (Å²) in [5.74, 6) is 0. The first-order valence-corrected chi connectivity index (χ1v) is 24.7. The number of nitriles is 2. The lowest BCUT2D eigenvalue weighted by Crippen LogP contribution is -2.39. The quantitative estimate of drug-likeness (QED) is 0.167. The average molecular weight is 921 g/mol. The van der Waals surface area contributed by atoms with Crippen molar-refractivity contribution in [2.45, 2.75) is 38.5 Å². The van der Waals surface area contributed by atoms with Crippen molar-refractivity contribution in [2.24, 2.45) is 0 Å². The van der Waals surface area contributed by atoms with Crippen LogP contribution in [0.3, 0.4) is 0 Å². The Hall–Kier alpha value is -9.22. The standard InChI is InChI=1S/C68H48N4/c1-67(2)57-27-17-18-28-58(57)68(3,4)64-63(67)65(71-59-35-31-47(43-19-9-5-10-20-43)37-53(59)51-33-29-49(39-61(51)71)45-23-13-7-14-24-45)55(41-69)56(42-70)66(64)72-60-36-32-48(44-21-11-6-12-22-44)38-54(60)52-34-30-50(40-62(52)72)46-25-15-8-16-26-46/h5-40H,1-4H3. The fourth-order valence-corrected chi connectivity index (χ4v) is 12.2. The maximum Gasteiger partial charge on any atom is 0.103 e. The van der Waals surface area contributed by atoms with Crippen LogP contribution in [0.2, 0.25) is 0 Å². The maximum atomic E-state index is 12.1. The Morgan fingerprint density at radius 1 is 0.306 bits per heavy atom. The van der Waals surface area contributed by atoms with Gasteiger partial charge in [0.2, 0.25) is 0 Å². The summed E-state index contributed by atoms with van der Waals surface area (Å²) in [5, 5.41) is 28.4. The molecule has 0 aliphatic heterocycles. The Kier molecular flexibility index (Phi) is 9.63. The molecule has 1 aliphatic carbocycles. The Balaban J connectivity index is 1.22. The molecule has 1 aliphatic rings. The van der Waals surface area contributed by atoms with Crippen molar-refractivity contribution in [1.29, 1.82) is 10.5 Å². The highest BCUT2D eigenvalue weighted by Gasteiger charge is 2.48. The van der Waals surface area contributed by atoms with Gasteiger partial charge in [-0.1, -0.05) is 210 Å². The molecule has 13 rings (SSSR count). The van der Waals surface area contributed by atoms with Gasteiger partial charge in [-0.15, -0.1) is 0 Å². The molecule has 340 valence electrons. The molecule has 4 heteroatoms. The van der Waals surface area contributed by atoms with Crippen LogP contribution in [0, 0.1) is 22.7 Å². The molecule has 72 heavy (non-hydrogen) atoms. The zero-order valence-corrected chi connectivity index (χ0v) is 40.6. The lowest BCUT2D eigenvalue weighted by atomic mass is 9.58. The summed E-state index contributed by atoms with van der Waals surface area (Å²) in [4.78, 5) is 0. The van der Waals surface area contributed by atoms with Crippen molar-refractivity contribution in [3.63, 3.8) is 0 Å². The van der Waals surface area contributed by atoms with Gasteiger partial charge < -0.3 is 9.13 Å². The highest BCUT2D eigenvalue weighted by atomic mass is 15.0. The monoisotopic (exact) mass is 920 g/mol. The summed E-state index contributed by atoms with van der Waals surface area (Å²) < 4.78 is 4.65. The molecule has 0 atom stereocenters. The van der Waals surface area contributed by atoms with Gasteiger partial charge in [0.15, 0.2) is 0 Å². The number of rotatable bonds is 6. The van der Waals surface area contributed by atoms with E-state index in [0.717, 1.165) is 111 Å². The lowest BCUT2D eigenvalue weighted by Gasteiger charge is -2.46. The molecule has 0 fully saturated rings. The van der Waals surface area contributed by atoms with E-state index in [0.29, 0.717) is 11.1 Å². The summed E-state index contributed by atoms with van der Waals surface area (Å²) in [7, 11) is 0. The molecule has 10 aromatic carbocycles. The van der Waals surface area contributed by atoms with E-state index in [9.17, 15) is 10.5 Å². The highest BCUT2D eigenvalue weighted by molar-refractivity contribution is 6.14. The number of hydrogen-bond acceptors (Lipinski definition) is 2. The van der Waals surface area contributed by atoms with Gasteiger partial charge in [0, 0.05) is 32.4 Å². The molecule has 2 aromatic heterocycles. The SMILES string of the molecule is CC1(C)c2ccccc2C(C)(C)c2c(-n3c4ccc(-c5ccccc5)cc4c4ccc(-c5ccccc5)cc43)c(C#N)c(C#N)c(-n3c4ccc(-c5ccccc5)cc4c4ccc(-c5ccccc5)cc43)c21. The van der Waals surface area contributed by atoms with Crippen LogP contribution in [0.5, 0.6) is 0 Å². The first-order chi connectivity index (χ1) is 35.2. The Labute approximate surface area is 419 Å². The second-order valence-electron chi connectivity index (χ2n) is 20.3. The van der Waals surface area contributed by atoms with Gasteiger partial charge in [-0.25, -0.2) is 0 Å². The number of aromatic nitrogens is 2. The topological polar surface area (TPSA) is 57.4 Å². The van der Waals surface area contributed by atoms with Gasteiger partial charge in [-0.3, -0.25) is 0 Å². The van der Waals surface area contributed by atoms with Crippen molar-refractivity contribution in [1.82, 2.24) is 9.13 Å². The molecule has 2 heterocycles. The Morgan fingerprint density at radius 2 is 0.611 bits per heavy atom. The third-order valence-electron chi connectivity index (χ3n) is 15.6. The van der Waals surface area contributed by atoms with Crippen LogP contribution in [0.4, 0.5) is 0 Å². The lowest BCUT2D eigenvalue weighted by molar-refractivity contribution is 0.517. The van der Waals surface area contributed by atoms with E-state index in [2.05, 4.69) is 243 Å². The minimum absolute atomic E-state index is 0.348. The van der Waals surface area contributed by atoms with Gasteiger partial charge in [-0.05, 0) is 103 Å². The summed E-state index contributed by atoms with van der Waals surface area (Å²) in [6, 6.07) is 83.1. The zero-order valence-electron chi connectivity index (χ0n) is 40.6. The van der Waals surface area contributed by atoms with Crippen molar-refractivity contribution < 1.29 is 0 Å². The Bertz CT molecular complexity index is 3980. The second kappa shape index (κ2) is 16.2. The van der Waals surface area contributed by atoms with Crippen LogP contribution < -0.4 is 0 Å². The van der Waals surface area contributed by atoms with Gasteiger partial charge in [0.05, 0.1) is 44.6 Å². The van der Waals surface area contributed by atoms with Crippen LogP contribution in [0.1, 0.15) is 61.1 Å². The van der Waals surface area contributed by atoms with Gasteiger partial charge in [0.25, 0.3) is 0 Å². The molecule has 0 unspecified atom stereocenters. The van der Waals surface area contributed by atoms with Crippen LogP contribution in [0.15, 0.2) is 218 Å². The molecule has 0 spiro atoms. The predicted molar refractivity (Wildman–Crippen MR) is 297 cm³/mol. The van der Waals surface area contributed by atoms with Crippen molar-refractivity contribution >= 4 is 43.6 Å². The average Bonchev–Trinajstić information content (AvgIpc) is 3.93. The number of benzene rings is 10. The van der Waals surface area contributed by atoms with E-state index in [1.807, 2.05) is 24.3 Å². The van der Waals surface area contributed by atoms with Crippen LogP contribution in [-0.4, -0.2) is 9.13 Å². The van der Waals surface area contributed by atoms with Crippen molar-refractivity contribution in [3.05, 3.63) is 252 Å². The smallest absolute Gasteiger partial charge is 0.103 e. The van der Waals surface area contributed by atoms with E-state index in [1.54, 1.807) is 0 Å². The fraction of sp³-hybridized carbons (Fsp3) is 0.0882. The maximum absolute atomic E-state index is 12.1. The summed E-state index contributed by atoms with van der Waals surface area (Å²) >= 11 is 0. The Morgan fingerprint density at radius 3 is 0.944 bits per heavy atom. The van der Waals surface area contributed by atoms with Crippen molar-refractivity contribution in [3.8, 4) is 68.0 Å². The van der Waals surface area contributed by atoms with E-state index in [4.69, 9.17) is 0 Å². The first-order valence-electron chi connectivity index (χ1n) is 24.7. The third kappa shape index (κ3) is 6.29. The molecular weight excluding hydrogens is 873 g/mol. The third-order valence-corrected chi connectivity index (χ3v) is 15.6. The van der Waals surface area contributed by atoms with Crippen LogP contribution >= 0.6 is 0 Å². The minimum Gasteiger partial charge on any atom is -0.308 e. The minimum atomic E-state index is -0.649. The van der Waals surface area contributed by atoms with E-state index in [1.165, 1.54) is 11.1 Å². The summed E-state index contributed by atoms with van der Waals surface area (Å²) in [5.41, 5.74) is 18.0. The zero-order chi connectivity index (χ0) is 48.9. The fourth-order valence-electron chi connectivity index (χ4n) is 12.2. The molecule has 0 saturated carbocycles. The molecule has 12 aromatic rings. The van der Waals surface area contributed by atoms with Crippen LogP contribution in [-0.2, 0) is 10.8 Å². The molecule has 0 radical (unpaired) electrons. The van der Waals surface area contributed by atoms with E-state index in [-0.39, 0.29) is 0 Å². The summed E-state index contributed by atoms with van der Waals surface area (Å²) in [6.07, 6.45) is 0. The van der Waals surface area contributed by atoms with E-state index < -0.39 is 10.8 Å². The van der Waals surface area contributed by atoms with E-state index >= 15 is 0 Å². The number of nitrogens with zero attached hydrogens (tertiary/aromatic N) is 4.